The standard InChI is InChI=1S/C19H19NO4/c1-14(19(22)20-16-9-4-3-5-10-16)24-18(21)13-12-15-8-6-7-11-17(15)23-2/h3-14H,1-2H3,(H,20,22)/b13-12+/t14-/m1/s1. The van der Waals surface area contributed by atoms with Crippen molar-refractivity contribution in [3.8, 4) is 5.75 Å². The van der Waals surface area contributed by atoms with Crippen LogP contribution in [0.2, 0.25) is 0 Å². The van der Waals surface area contributed by atoms with E-state index in [0.717, 1.165) is 5.56 Å². The number of benzene rings is 2. The van der Waals surface area contributed by atoms with Gasteiger partial charge in [-0.2, -0.15) is 0 Å². The first-order chi connectivity index (χ1) is 11.6. The number of para-hydroxylation sites is 2. The Kier molecular flexibility index (Phi) is 6.14. The number of hydrogen-bond acceptors (Lipinski definition) is 4. The fraction of sp³-hybridized carbons (Fsp3) is 0.158. The smallest absolute Gasteiger partial charge is 0.331 e. The molecule has 0 spiro atoms. The first-order valence-corrected chi connectivity index (χ1v) is 7.48. The van der Waals surface area contributed by atoms with E-state index in [-0.39, 0.29) is 5.91 Å². The quantitative estimate of drug-likeness (QED) is 0.654. The Balaban J connectivity index is 1.91. The minimum absolute atomic E-state index is 0.389. The van der Waals surface area contributed by atoms with Crippen molar-refractivity contribution < 1.29 is 19.1 Å². The van der Waals surface area contributed by atoms with Gasteiger partial charge in [0.25, 0.3) is 5.91 Å². The number of carbonyl (C=O) groups excluding carboxylic acids is 2. The lowest BCUT2D eigenvalue weighted by atomic mass is 10.2. The van der Waals surface area contributed by atoms with Gasteiger partial charge in [0.05, 0.1) is 7.11 Å². The van der Waals surface area contributed by atoms with Crippen LogP contribution in [0.25, 0.3) is 6.08 Å². The van der Waals surface area contributed by atoms with Crippen molar-refractivity contribution in [2.75, 3.05) is 12.4 Å². The minimum Gasteiger partial charge on any atom is -0.496 e. The lowest BCUT2D eigenvalue weighted by molar-refractivity contribution is -0.148. The molecule has 1 N–H and O–H groups in total. The molecule has 2 rings (SSSR count). The normalized spacial score (nSPS) is 11.8. The van der Waals surface area contributed by atoms with Gasteiger partial charge >= 0.3 is 5.97 Å². The third-order valence-electron chi connectivity index (χ3n) is 3.24. The van der Waals surface area contributed by atoms with Gasteiger partial charge in [-0.1, -0.05) is 36.4 Å². The third kappa shape index (κ3) is 4.98. The van der Waals surface area contributed by atoms with E-state index < -0.39 is 12.1 Å². The summed E-state index contributed by atoms with van der Waals surface area (Å²) >= 11 is 0. The molecule has 124 valence electrons. The molecule has 2 aromatic carbocycles. The predicted molar refractivity (Wildman–Crippen MR) is 92.7 cm³/mol. The van der Waals surface area contributed by atoms with Gasteiger partial charge < -0.3 is 14.8 Å². The Bertz CT molecular complexity index is 725. The molecule has 1 atom stereocenters. The Morgan fingerprint density at radius 2 is 1.71 bits per heavy atom. The maximum atomic E-state index is 12.0. The number of nitrogens with one attached hydrogen (secondary N) is 1. The zero-order valence-electron chi connectivity index (χ0n) is 13.6. The van der Waals surface area contributed by atoms with E-state index in [0.29, 0.717) is 11.4 Å². The highest BCUT2D eigenvalue weighted by molar-refractivity contribution is 5.96. The summed E-state index contributed by atoms with van der Waals surface area (Å²) in [4.78, 5) is 23.8. The van der Waals surface area contributed by atoms with Gasteiger partial charge in [0.2, 0.25) is 0 Å². The van der Waals surface area contributed by atoms with Gasteiger partial charge in [0.1, 0.15) is 5.75 Å². The van der Waals surface area contributed by atoms with Crippen molar-refractivity contribution >= 4 is 23.6 Å². The van der Waals surface area contributed by atoms with E-state index in [9.17, 15) is 9.59 Å². The maximum Gasteiger partial charge on any atom is 0.331 e. The molecule has 0 aliphatic heterocycles. The van der Waals surface area contributed by atoms with E-state index in [1.54, 1.807) is 31.4 Å². The Morgan fingerprint density at radius 1 is 1.04 bits per heavy atom. The average Bonchev–Trinajstić information content (AvgIpc) is 2.61. The fourth-order valence-electron chi connectivity index (χ4n) is 1.99. The molecular weight excluding hydrogens is 306 g/mol. The minimum atomic E-state index is -0.903. The average molecular weight is 325 g/mol. The fourth-order valence-corrected chi connectivity index (χ4v) is 1.99. The van der Waals surface area contributed by atoms with Crippen molar-refractivity contribution in [1.29, 1.82) is 0 Å². The SMILES string of the molecule is COc1ccccc1/C=C/C(=O)O[C@H](C)C(=O)Nc1ccccc1. The number of amides is 1. The van der Waals surface area contributed by atoms with Crippen molar-refractivity contribution in [3.63, 3.8) is 0 Å². The van der Waals surface area contributed by atoms with Crippen molar-refractivity contribution in [2.45, 2.75) is 13.0 Å². The van der Waals surface area contributed by atoms with Gasteiger partial charge in [-0.15, -0.1) is 0 Å². The summed E-state index contributed by atoms with van der Waals surface area (Å²) in [5, 5.41) is 2.68. The van der Waals surface area contributed by atoms with E-state index in [4.69, 9.17) is 9.47 Å². The van der Waals surface area contributed by atoms with E-state index in [2.05, 4.69) is 5.32 Å². The third-order valence-corrected chi connectivity index (χ3v) is 3.24. The Labute approximate surface area is 140 Å². The number of hydrogen-bond donors (Lipinski definition) is 1. The summed E-state index contributed by atoms with van der Waals surface area (Å²) in [6.07, 6.45) is 1.95. The monoisotopic (exact) mass is 325 g/mol. The van der Waals surface area contributed by atoms with E-state index >= 15 is 0 Å². The number of rotatable bonds is 6. The zero-order chi connectivity index (χ0) is 17.4. The number of ether oxygens (including phenoxy) is 2. The lowest BCUT2D eigenvalue weighted by Gasteiger charge is -2.12. The molecule has 0 radical (unpaired) electrons. The highest BCUT2D eigenvalue weighted by Crippen LogP contribution is 2.18. The topological polar surface area (TPSA) is 64.6 Å². The second kappa shape index (κ2) is 8.53. The number of carbonyl (C=O) groups is 2. The van der Waals surface area contributed by atoms with Crippen LogP contribution in [-0.2, 0) is 14.3 Å². The van der Waals surface area contributed by atoms with Crippen LogP contribution in [0.4, 0.5) is 5.69 Å². The van der Waals surface area contributed by atoms with Crippen LogP contribution in [-0.4, -0.2) is 25.1 Å². The maximum absolute atomic E-state index is 12.0. The first kappa shape index (κ1) is 17.3. The molecule has 5 nitrogen and oxygen atoms in total. The second-order valence-electron chi connectivity index (χ2n) is 5.01. The number of esters is 1. The van der Waals surface area contributed by atoms with Crippen LogP contribution >= 0.6 is 0 Å². The van der Waals surface area contributed by atoms with Crippen LogP contribution in [0.5, 0.6) is 5.75 Å². The molecule has 0 aliphatic rings. The molecule has 0 saturated heterocycles. The van der Waals surface area contributed by atoms with Crippen molar-refractivity contribution in [2.24, 2.45) is 0 Å². The van der Waals surface area contributed by atoms with Gasteiger partial charge in [-0.3, -0.25) is 4.79 Å². The van der Waals surface area contributed by atoms with E-state index in [1.807, 2.05) is 36.4 Å². The molecule has 1 amide bonds. The second-order valence-corrected chi connectivity index (χ2v) is 5.01. The lowest BCUT2D eigenvalue weighted by Crippen LogP contribution is -2.29. The van der Waals surface area contributed by atoms with Crippen LogP contribution in [0.3, 0.4) is 0 Å². The Morgan fingerprint density at radius 3 is 2.42 bits per heavy atom. The summed E-state index contributed by atoms with van der Waals surface area (Å²) in [5.74, 6) is -0.340. The molecule has 5 heteroatoms. The highest BCUT2D eigenvalue weighted by atomic mass is 16.5. The Hall–Kier alpha value is -3.08. The van der Waals surface area contributed by atoms with Crippen LogP contribution in [0, 0.1) is 0 Å². The molecule has 0 unspecified atom stereocenters. The molecule has 0 heterocycles. The summed E-state index contributed by atoms with van der Waals surface area (Å²) < 4.78 is 10.3. The first-order valence-electron chi connectivity index (χ1n) is 7.48. The molecule has 0 aliphatic carbocycles. The molecule has 2 aromatic rings. The zero-order valence-corrected chi connectivity index (χ0v) is 13.6. The van der Waals surface area contributed by atoms with Gasteiger partial charge in [-0.25, -0.2) is 4.79 Å². The van der Waals surface area contributed by atoms with Crippen molar-refractivity contribution in [1.82, 2.24) is 0 Å². The summed E-state index contributed by atoms with van der Waals surface area (Å²) in [7, 11) is 1.56. The number of methoxy groups -OCH3 is 1. The van der Waals surface area contributed by atoms with Crippen LogP contribution in [0.1, 0.15) is 12.5 Å². The molecule has 24 heavy (non-hydrogen) atoms. The van der Waals surface area contributed by atoms with Crippen LogP contribution < -0.4 is 10.1 Å². The molecule has 0 fully saturated rings. The summed E-state index contributed by atoms with van der Waals surface area (Å²) in [6, 6.07) is 16.3. The highest BCUT2D eigenvalue weighted by Gasteiger charge is 2.16. The van der Waals surface area contributed by atoms with Gasteiger partial charge in [0.15, 0.2) is 6.10 Å². The molecule has 0 bridgehead atoms. The summed E-state index contributed by atoms with van der Waals surface area (Å²) in [6.45, 7) is 1.52. The summed E-state index contributed by atoms with van der Waals surface area (Å²) in [5.41, 5.74) is 1.40. The predicted octanol–water partition coefficient (Wildman–Crippen LogP) is 3.28. The van der Waals surface area contributed by atoms with Crippen molar-refractivity contribution in [3.05, 3.63) is 66.2 Å². The van der Waals surface area contributed by atoms with Gasteiger partial charge in [0, 0.05) is 17.3 Å². The largest absolute Gasteiger partial charge is 0.496 e. The van der Waals surface area contributed by atoms with E-state index in [1.165, 1.54) is 13.0 Å². The molecule has 0 saturated carbocycles. The van der Waals surface area contributed by atoms with Crippen LogP contribution in [0.15, 0.2) is 60.7 Å². The van der Waals surface area contributed by atoms with Gasteiger partial charge in [-0.05, 0) is 31.2 Å². The molecule has 0 aromatic heterocycles. The molecular formula is C19H19NO4. The number of anilines is 1.